The van der Waals surface area contributed by atoms with Crippen molar-refractivity contribution in [1.29, 1.82) is 0 Å². The van der Waals surface area contributed by atoms with Gasteiger partial charge in [0.1, 0.15) is 12.4 Å². The second-order valence-electron chi connectivity index (χ2n) is 9.98. The number of ether oxygens (including phenoxy) is 9. The summed E-state index contributed by atoms with van der Waals surface area (Å²) < 4.78 is 48.4. The number of carbonyl (C=O) groups excluding carboxylic acids is 1. The first-order valence-electron chi connectivity index (χ1n) is 16.1. The van der Waals surface area contributed by atoms with Gasteiger partial charge in [0.2, 0.25) is 0 Å². The molecular weight excluding hydrogens is 556 g/mol. The quantitative estimate of drug-likeness (QED) is 0.0791. The van der Waals surface area contributed by atoms with Gasteiger partial charge in [-0.1, -0.05) is 57.6 Å². The Balaban J connectivity index is 1.74. The number of unbranched alkanes of at least 4 members (excludes halogenated alkanes) is 6. The van der Waals surface area contributed by atoms with Gasteiger partial charge in [-0.25, -0.2) is 0 Å². The number of aryl methyl sites for hydroxylation is 1. The zero-order chi connectivity index (χ0) is 30.9. The summed E-state index contributed by atoms with van der Waals surface area (Å²) in [6, 6.07) is 8.44. The lowest BCUT2D eigenvalue weighted by Crippen LogP contribution is -2.15. The molecule has 0 N–H and O–H groups in total. The van der Waals surface area contributed by atoms with Crippen LogP contribution in [0.1, 0.15) is 63.9 Å². The molecule has 0 saturated carbocycles. The van der Waals surface area contributed by atoms with Crippen molar-refractivity contribution in [2.45, 2.75) is 64.7 Å². The molecule has 0 atom stereocenters. The highest BCUT2D eigenvalue weighted by molar-refractivity contribution is 5.69. The minimum atomic E-state index is -0.280. The molecule has 0 aliphatic rings. The van der Waals surface area contributed by atoms with Crippen LogP contribution in [0.3, 0.4) is 0 Å². The van der Waals surface area contributed by atoms with Gasteiger partial charge in [0.15, 0.2) is 0 Å². The molecule has 0 aliphatic heterocycles. The Morgan fingerprint density at radius 3 is 1.35 bits per heavy atom. The van der Waals surface area contributed by atoms with Crippen molar-refractivity contribution in [2.75, 3.05) is 106 Å². The first-order chi connectivity index (χ1) is 21.3. The van der Waals surface area contributed by atoms with E-state index in [1.54, 1.807) is 0 Å². The standard InChI is InChI=1S/C33H58O10/c1-3-4-5-6-7-8-9-10-31-11-13-32(14-12-31)43-30-29-42-28-27-41-26-25-40-24-23-39-22-21-38-20-19-37-18-17-36-16-15-33(34)35-2/h11-14H,3-10,15-30H2,1-2H3. The fraction of sp³-hybridized carbons (Fsp3) is 0.788. The normalized spacial score (nSPS) is 11.2. The van der Waals surface area contributed by atoms with E-state index in [0.29, 0.717) is 99.1 Å². The minimum Gasteiger partial charge on any atom is -0.491 e. The summed E-state index contributed by atoms with van der Waals surface area (Å²) in [5.41, 5.74) is 1.38. The highest BCUT2D eigenvalue weighted by atomic mass is 16.6. The van der Waals surface area contributed by atoms with E-state index in [1.165, 1.54) is 57.6 Å². The van der Waals surface area contributed by atoms with E-state index in [1.807, 2.05) is 0 Å². The highest BCUT2D eigenvalue weighted by Crippen LogP contribution is 2.15. The van der Waals surface area contributed by atoms with Crippen LogP contribution in [0.15, 0.2) is 24.3 Å². The lowest BCUT2D eigenvalue weighted by molar-refractivity contribution is -0.141. The second-order valence-corrected chi connectivity index (χ2v) is 9.98. The van der Waals surface area contributed by atoms with E-state index in [4.69, 9.17) is 37.9 Å². The first kappa shape index (κ1) is 39.2. The Morgan fingerprint density at radius 2 is 0.907 bits per heavy atom. The summed E-state index contributed by atoms with van der Waals surface area (Å²) in [5, 5.41) is 0. The number of esters is 1. The second kappa shape index (κ2) is 31.6. The van der Waals surface area contributed by atoms with Gasteiger partial charge in [-0.3, -0.25) is 4.79 Å². The van der Waals surface area contributed by atoms with E-state index in [0.717, 1.165) is 12.2 Å². The maximum Gasteiger partial charge on any atom is 0.307 e. The smallest absolute Gasteiger partial charge is 0.307 e. The third-order valence-corrected chi connectivity index (χ3v) is 6.40. The summed E-state index contributed by atoms with van der Waals surface area (Å²) in [5.74, 6) is 0.604. The van der Waals surface area contributed by atoms with E-state index in [-0.39, 0.29) is 12.4 Å². The Bertz CT molecular complexity index is 716. The maximum absolute atomic E-state index is 10.9. The van der Waals surface area contributed by atoms with Crippen molar-refractivity contribution in [2.24, 2.45) is 0 Å². The zero-order valence-corrected chi connectivity index (χ0v) is 26.9. The van der Waals surface area contributed by atoms with Crippen LogP contribution in [0.4, 0.5) is 0 Å². The minimum absolute atomic E-state index is 0.251. The van der Waals surface area contributed by atoms with E-state index in [2.05, 4.69) is 35.9 Å². The largest absolute Gasteiger partial charge is 0.491 e. The molecule has 1 rings (SSSR count). The molecule has 1 aromatic carbocycles. The molecule has 43 heavy (non-hydrogen) atoms. The lowest BCUT2D eigenvalue weighted by atomic mass is 10.0. The molecule has 0 spiro atoms. The van der Waals surface area contributed by atoms with Crippen LogP contribution >= 0.6 is 0 Å². The Hall–Kier alpha value is -1.79. The van der Waals surface area contributed by atoms with E-state index < -0.39 is 0 Å². The number of carbonyl (C=O) groups is 1. The average molecular weight is 615 g/mol. The molecular formula is C33H58O10. The van der Waals surface area contributed by atoms with Crippen LogP contribution in [-0.4, -0.2) is 112 Å². The SMILES string of the molecule is CCCCCCCCCc1ccc(OCCOCCOCCOCCOCCOCCOCCOCCC(=O)OC)cc1. The molecule has 0 unspecified atom stereocenters. The Morgan fingerprint density at radius 1 is 0.512 bits per heavy atom. The third-order valence-electron chi connectivity index (χ3n) is 6.40. The third kappa shape index (κ3) is 27.5. The molecule has 250 valence electrons. The summed E-state index contributed by atoms with van der Waals surface area (Å²) in [7, 11) is 1.36. The van der Waals surface area contributed by atoms with Gasteiger partial charge in [-0.15, -0.1) is 0 Å². The van der Waals surface area contributed by atoms with Crippen molar-refractivity contribution in [3.05, 3.63) is 29.8 Å². The number of hydrogen-bond acceptors (Lipinski definition) is 10. The number of methoxy groups -OCH3 is 1. The zero-order valence-electron chi connectivity index (χ0n) is 26.9. The fourth-order valence-corrected chi connectivity index (χ4v) is 3.94. The summed E-state index contributed by atoms with van der Waals surface area (Å²) in [4.78, 5) is 10.9. The summed E-state index contributed by atoms with van der Waals surface area (Å²) in [6.45, 7) is 9.62. The Labute approximate surface area is 259 Å². The molecule has 0 aliphatic carbocycles. The number of benzene rings is 1. The molecule has 0 heterocycles. The van der Waals surface area contributed by atoms with Gasteiger partial charge in [-0.2, -0.15) is 0 Å². The lowest BCUT2D eigenvalue weighted by Gasteiger charge is -2.09. The maximum atomic E-state index is 10.9. The summed E-state index contributed by atoms with van der Waals surface area (Å²) in [6.07, 6.45) is 10.8. The molecule has 0 fully saturated rings. The van der Waals surface area contributed by atoms with Crippen LogP contribution in [0.5, 0.6) is 5.75 Å². The van der Waals surface area contributed by atoms with Crippen LogP contribution in [0.25, 0.3) is 0 Å². The van der Waals surface area contributed by atoms with E-state index in [9.17, 15) is 4.79 Å². The molecule has 0 radical (unpaired) electrons. The van der Waals surface area contributed by atoms with Crippen molar-refractivity contribution in [3.8, 4) is 5.75 Å². The predicted molar refractivity (Wildman–Crippen MR) is 166 cm³/mol. The van der Waals surface area contributed by atoms with Crippen LogP contribution in [0, 0.1) is 0 Å². The molecule has 10 heteroatoms. The van der Waals surface area contributed by atoms with E-state index >= 15 is 0 Å². The highest BCUT2D eigenvalue weighted by Gasteiger charge is 2.00. The molecule has 10 nitrogen and oxygen atoms in total. The van der Waals surface area contributed by atoms with Crippen molar-refractivity contribution < 1.29 is 47.4 Å². The predicted octanol–water partition coefficient (Wildman–Crippen LogP) is 5.04. The van der Waals surface area contributed by atoms with Crippen molar-refractivity contribution in [1.82, 2.24) is 0 Å². The van der Waals surface area contributed by atoms with Crippen LogP contribution in [-0.2, 0) is 49.1 Å². The van der Waals surface area contributed by atoms with Gasteiger partial charge in [0.05, 0.1) is 106 Å². The molecule has 0 saturated heterocycles. The van der Waals surface area contributed by atoms with Gasteiger partial charge < -0.3 is 42.6 Å². The summed E-state index contributed by atoms with van der Waals surface area (Å²) >= 11 is 0. The topological polar surface area (TPSA) is 100 Å². The van der Waals surface area contributed by atoms with Crippen LogP contribution < -0.4 is 4.74 Å². The first-order valence-corrected chi connectivity index (χ1v) is 16.1. The fourth-order valence-electron chi connectivity index (χ4n) is 3.94. The van der Waals surface area contributed by atoms with Crippen LogP contribution in [0.2, 0.25) is 0 Å². The van der Waals surface area contributed by atoms with Crippen molar-refractivity contribution >= 4 is 5.97 Å². The average Bonchev–Trinajstić information content (AvgIpc) is 3.03. The molecule has 0 amide bonds. The Kier molecular flexibility index (Phi) is 28.9. The molecule has 1 aromatic rings. The van der Waals surface area contributed by atoms with Gasteiger partial charge in [-0.05, 0) is 30.5 Å². The van der Waals surface area contributed by atoms with Gasteiger partial charge in [0, 0.05) is 0 Å². The monoisotopic (exact) mass is 614 g/mol. The van der Waals surface area contributed by atoms with Gasteiger partial charge >= 0.3 is 5.97 Å². The number of rotatable bonds is 33. The molecule has 0 bridgehead atoms. The number of hydrogen-bond donors (Lipinski definition) is 0. The van der Waals surface area contributed by atoms with Crippen molar-refractivity contribution in [3.63, 3.8) is 0 Å². The molecule has 0 aromatic heterocycles. The van der Waals surface area contributed by atoms with Gasteiger partial charge in [0.25, 0.3) is 0 Å².